The molecule has 1 aromatic carbocycles. The number of methoxy groups -OCH3 is 2. The molecule has 18 heavy (non-hydrogen) atoms. The second-order valence-corrected chi connectivity index (χ2v) is 4.09. The fourth-order valence-corrected chi connectivity index (χ4v) is 2.27. The highest BCUT2D eigenvalue weighted by Crippen LogP contribution is 2.41. The van der Waals surface area contributed by atoms with Gasteiger partial charge in [-0.3, -0.25) is 9.59 Å². The maximum Gasteiger partial charge on any atom is 0.227 e. The maximum absolute atomic E-state index is 12.0. The lowest BCUT2D eigenvalue weighted by Gasteiger charge is -2.12. The van der Waals surface area contributed by atoms with E-state index in [1.54, 1.807) is 19.2 Å². The van der Waals surface area contributed by atoms with E-state index in [1.165, 1.54) is 14.2 Å². The van der Waals surface area contributed by atoms with E-state index in [-0.39, 0.29) is 18.1 Å². The smallest absolute Gasteiger partial charge is 0.227 e. The highest BCUT2D eigenvalue weighted by Gasteiger charge is 2.36. The number of rotatable bonds is 3. The number of ketones is 1. The van der Waals surface area contributed by atoms with Gasteiger partial charge in [0.05, 0.1) is 25.7 Å². The van der Waals surface area contributed by atoms with Gasteiger partial charge in [0.25, 0.3) is 0 Å². The van der Waals surface area contributed by atoms with E-state index in [9.17, 15) is 9.59 Å². The molecule has 1 unspecified atom stereocenters. The lowest BCUT2D eigenvalue weighted by Crippen LogP contribution is -2.24. The first kappa shape index (κ1) is 12.4. The van der Waals surface area contributed by atoms with Gasteiger partial charge in [0.15, 0.2) is 5.78 Å². The van der Waals surface area contributed by atoms with Crippen LogP contribution >= 0.6 is 0 Å². The Morgan fingerprint density at radius 2 is 2.06 bits per heavy atom. The second-order valence-electron chi connectivity index (χ2n) is 4.09. The van der Waals surface area contributed by atoms with Crippen molar-refractivity contribution in [3.63, 3.8) is 0 Å². The van der Waals surface area contributed by atoms with Gasteiger partial charge in [-0.2, -0.15) is 0 Å². The Morgan fingerprint density at radius 1 is 1.33 bits per heavy atom. The summed E-state index contributed by atoms with van der Waals surface area (Å²) in [5.74, 6) is 0.340. The Balaban J connectivity index is 2.58. The molecule has 0 radical (unpaired) electrons. The molecule has 0 aromatic heterocycles. The summed E-state index contributed by atoms with van der Waals surface area (Å²) in [4.78, 5) is 23.8. The van der Waals surface area contributed by atoms with Crippen molar-refractivity contribution in [1.29, 1.82) is 0 Å². The fraction of sp³-hybridized carbons (Fsp3) is 0.385. The molecule has 2 rings (SSSR count). The zero-order chi connectivity index (χ0) is 13.3. The number of amides is 1. The first-order valence-corrected chi connectivity index (χ1v) is 5.63. The molecule has 1 atom stereocenters. The van der Waals surface area contributed by atoms with Gasteiger partial charge in [0, 0.05) is 19.5 Å². The third-order valence-corrected chi connectivity index (χ3v) is 3.17. The molecule has 96 valence electrons. The van der Waals surface area contributed by atoms with Crippen molar-refractivity contribution in [2.45, 2.75) is 12.3 Å². The number of hydrogen-bond acceptors (Lipinski definition) is 4. The third kappa shape index (κ3) is 1.81. The van der Waals surface area contributed by atoms with Crippen LogP contribution in [0.3, 0.4) is 0 Å². The van der Waals surface area contributed by atoms with Crippen molar-refractivity contribution < 1.29 is 19.1 Å². The number of Topliss-reactive ketones (excluding diaryl/α,β-unsaturated/α-hetero) is 1. The molecule has 1 amide bonds. The van der Waals surface area contributed by atoms with Gasteiger partial charge in [0.2, 0.25) is 5.91 Å². The van der Waals surface area contributed by atoms with Crippen molar-refractivity contribution in [2.75, 3.05) is 21.3 Å². The molecule has 1 N–H and O–H groups in total. The Bertz CT molecular complexity index is 510. The first-order valence-electron chi connectivity index (χ1n) is 5.63. The standard InChI is InChI=1S/C13H15NO4/c1-14-13(16)9-6-10(15)12-8(9)4-7(17-2)5-11(12)18-3/h4-5,9H,6H2,1-3H3,(H,14,16). The van der Waals surface area contributed by atoms with Crippen LogP contribution in [0.1, 0.15) is 28.3 Å². The summed E-state index contributed by atoms with van der Waals surface area (Å²) < 4.78 is 10.4. The quantitative estimate of drug-likeness (QED) is 0.871. The van der Waals surface area contributed by atoms with Crippen LogP contribution < -0.4 is 14.8 Å². The van der Waals surface area contributed by atoms with Crippen molar-refractivity contribution in [3.05, 3.63) is 23.3 Å². The van der Waals surface area contributed by atoms with Crippen LogP contribution in [0.15, 0.2) is 12.1 Å². The molecular weight excluding hydrogens is 234 g/mol. The Kier molecular flexibility index (Phi) is 3.23. The summed E-state index contributed by atoms with van der Waals surface area (Å²) in [6.45, 7) is 0. The van der Waals surface area contributed by atoms with Gasteiger partial charge in [-0.25, -0.2) is 0 Å². The van der Waals surface area contributed by atoms with Crippen LogP contribution in [-0.4, -0.2) is 33.0 Å². The van der Waals surface area contributed by atoms with E-state index in [0.717, 1.165) is 0 Å². The van der Waals surface area contributed by atoms with Crippen molar-refractivity contribution >= 4 is 11.7 Å². The molecule has 5 nitrogen and oxygen atoms in total. The van der Waals surface area contributed by atoms with Crippen LogP contribution in [0, 0.1) is 0 Å². The topological polar surface area (TPSA) is 64.6 Å². The van der Waals surface area contributed by atoms with E-state index in [0.29, 0.717) is 22.6 Å². The molecule has 1 aromatic rings. The van der Waals surface area contributed by atoms with Gasteiger partial charge in [-0.05, 0) is 11.6 Å². The normalized spacial score (nSPS) is 17.3. The Labute approximate surface area is 105 Å². The molecule has 0 saturated heterocycles. The number of nitrogens with one attached hydrogen (secondary N) is 1. The summed E-state index contributed by atoms with van der Waals surface area (Å²) >= 11 is 0. The minimum Gasteiger partial charge on any atom is -0.497 e. The molecule has 5 heteroatoms. The van der Waals surface area contributed by atoms with Crippen LogP contribution in [0.5, 0.6) is 11.5 Å². The van der Waals surface area contributed by atoms with Crippen LogP contribution in [-0.2, 0) is 4.79 Å². The van der Waals surface area contributed by atoms with Gasteiger partial charge in [-0.15, -0.1) is 0 Å². The Morgan fingerprint density at radius 3 is 2.61 bits per heavy atom. The molecule has 0 saturated carbocycles. The average Bonchev–Trinajstić information content (AvgIpc) is 2.74. The SMILES string of the molecule is CNC(=O)C1CC(=O)c2c(OC)cc(OC)cc21. The lowest BCUT2D eigenvalue weighted by atomic mass is 10.00. The largest absolute Gasteiger partial charge is 0.497 e. The summed E-state index contributed by atoms with van der Waals surface area (Å²) in [7, 11) is 4.59. The van der Waals surface area contributed by atoms with Gasteiger partial charge < -0.3 is 14.8 Å². The van der Waals surface area contributed by atoms with E-state index in [1.807, 2.05) is 0 Å². The summed E-state index contributed by atoms with van der Waals surface area (Å²) in [6.07, 6.45) is 0.179. The molecule has 0 fully saturated rings. The van der Waals surface area contributed by atoms with E-state index in [2.05, 4.69) is 5.32 Å². The lowest BCUT2D eigenvalue weighted by molar-refractivity contribution is -0.121. The number of likely N-dealkylation sites (N-methyl/N-ethyl adjacent to an activating group) is 1. The zero-order valence-corrected chi connectivity index (χ0v) is 10.6. The average molecular weight is 249 g/mol. The number of hydrogen-bond donors (Lipinski definition) is 1. The minimum atomic E-state index is -0.457. The number of carbonyl (C=O) groups excluding carboxylic acids is 2. The van der Waals surface area contributed by atoms with Crippen molar-refractivity contribution in [1.82, 2.24) is 5.32 Å². The summed E-state index contributed by atoms with van der Waals surface area (Å²) in [5.41, 5.74) is 1.17. The third-order valence-electron chi connectivity index (χ3n) is 3.17. The highest BCUT2D eigenvalue weighted by atomic mass is 16.5. The van der Waals surface area contributed by atoms with Crippen molar-refractivity contribution in [2.24, 2.45) is 0 Å². The van der Waals surface area contributed by atoms with Crippen LogP contribution in [0.25, 0.3) is 0 Å². The second kappa shape index (κ2) is 4.68. The predicted molar refractivity (Wildman–Crippen MR) is 65.3 cm³/mol. The van der Waals surface area contributed by atoms with E-state index < -0.39 is 5.92 Å². The van der Waals surface area contributed by atoms with Gasteiger partial charge in [0.1, 0.15) is 11.5 Å². The first-order chi connectivity index (χ1) is 8.62. The molecule has 1 aliphatic rings. The Hall–Kier alpha value is -2.04. The molecule has 0 heterocycles. The minimum absolute atomic E-state index is 0.0712. The monoisotopic (exact) mass is 249 g/mol. The van der Waals surface area contributed by atoms with Crippen molar-refractivity contribution in [3.8, 4) is 11.5 Å². The van der Waals surface area contributed by atoms with Crippen LogP contribution in [0.2, 0.25) is 0 Å². The van der Waals surface area contributed by atoms with E-state index >= 15 is 0 Å². The van der Waals surface area contributed by atoms with Gasteiger partial charge >= 0.3 is 0 Å². The van der Waals surface area contributed by atoms with Crippen LogP contribution in [0.4, 0.5) is 0 Å². The highest BCUT2D eigenvalue weighted by molar-refractivity contribution is 6.08. The molecule has 1 aliphatic carbocycles. The molecular formula is C13H15NO4. The zero-order valence-electron chi connectivity index (χ0n) is 10.6. The predicted octanol–water partition coefficient (Wildman–Crippen LogP) is 1.12. The van der Waals surface area contributed by atoms with E-state index in [4.69, 9.17) is 9.47 Å². The number of fused-ring (bicyclic) bond motifs is 1. The fourth-order valence-electron chi connectivity index (χ4n) is 2.27. The molecule has 0 spiro atoms. The molecule has 0 aliphatic heterocycles. The number of ether oxygens (including phenoxy) is 2. The number of carbonyl (C=O) groups is 2. The molecule has 0 bridgehead atoms. The van der Waals surface area contributed by atoms with Gasteiger partial charge in [-0.1, -0.05) is 0 Å². The number of benzene rings is 1. The summed E-state index contributed by atoms with van der Waals surface area (Å²) in [6, 6.07) is 3.38. The summed E-state index contributed by atoms with van der Waals surface area (Å²) in [5, 5.41) is 2.57. The maximum atomic E-state index is 12.0.